The van der Waals surface area contributed by atoms with Crippen molar-refractivity contribution in [1.29, 1.82) is 0 Å². The summed E-state index contributed by atoms with van der Waals surface area (Å²) in [4.78, 5) is 0. The Bertz CT molecular complexity index is 1490. The SMILES string of the molecule is Clc1ccc2c(ccc3c4sc5ccccc5c4c4ccccc4c23)c1. The van der Waals surface area contributed by atoms with Crippen LogP contribution in [0.25, 0.3) is 52.5 Å². The van der Waals surface area contributed by atoms with Gasteiger partial charge in [-0.3, -0.25) is 0 Å². The summed E-state index contributed by atoms with van der Waals surface area (Å²) in [5.74, 6) is 0. The van der Waals surface area contributed by atoms with Gasteiger partial charge in [0.25, 0.3) is 0 Å². The summed E-state index contributed by atoms with van der Waals surface area (Å²) >= 11 is 8.13. The van der Waals surface area contributed by atoms with E-state index in [1.54, 1.807) is 0 Å². The molecule has 2 heteroatoms. The Morgan fingerprint density at radius 3 is 2.12 bits per heavy atom. The quantitative estimate of drug-likeness (QED) is 0.237. The van der Waals surface area contributed by atoms with E-state index < -0.39 is 0 Å². The van der Waals surface area contributed by atoms with Crippen LogP contribution in [-0.4, -0.2) is 0 Å². The Kier molecular flexibility index (Phi) is 2.91. The highest BCUT2D eigenvalue weighted by Crippen LogP contribution is 2.45. The number of halogens is 1. The molecule has 1 heterocycles. The summed E-state index contributed by atoms with van der Waals surface area (Å²) in [6.07, 6.45) is 0. The normalized spacial score (nSPS) is 12.0. The fourth-order valence-electron chi connectivity index (χ4n) is 4.20. The topological polar surface area (TPSA) is 0 Å². The molecule has 0 bridgehead atoms. The zero-order chi connectivity index (χ0) is 17.3. The van der Waals surface area contributed by atoms with E-state index in [9.17, 15) is 0 Å². The van der Waals surface area contributed by atoms with Crippen LogP contribution in [0.5, 0.6) is 0 Å². The number of fused-ring (bicyclic) bond motifs is 10. The molecule has 6 rings (SSSR count). The average molecular weight is 369 g/mol. The van der Waals surface area contributed by atoms with Crippen molar-refractivity contribution in [3.63, 3.8) is 0 Å². The average Bonchev–Trinajstić information content (AvgIpc) is 3.07. The molecule has 0 saturated heterocycles. The maximum Gasteiger partial charge on any atom is 0.0440 e. The van der Waals surface area contributed by atoms with Gasteiger partial charge in [0.05, 0.1) is 0 Å². The summed E-state index contributed by atoms with van der Waals surface area (Å²) < 4.78 is 2.72. The van der Waals surface area contributed by atoms with Gasteiger partial charge >= 0.3 is 0 Å². The molecule has 0 aliphatic heterocycles. The molecule has 1 aromatic heterocycles. The molecular weight excluding hydrogens is 356 g/mol. The van der Waals surface area contributed by atoms with E-state index in [4.69, 9.17) is 11.6 Å². The van der Waals surface area contributed by atoms with Crippen molar-refractivity contribution in [2.45, 2.75) is 0 Å². The first-order valence-corrected chi connectivity index (χ1v) is 9.85. The lowest BCUT2D eigenvalue weighted by molar-refractivity contribution is 1.80. The summed E-state index contributed by atoms with van der Waals surface area (Å²) in [6.45, 7) is 0. The predicted octanol–water partition coefficient (Wildman–Crippen LogP) is 8.17. The van der Waals surface area contributed by atoms with E-state index in [2.05, 4.69) is 72.8 Å². The van der Waals surface area contributed by atoms with Gasteiger partial charge in [-0.05, 0) is 45.1 Å². The molecule has 0 nitrogen and oxygen atoms in total. The highest BCUT2D eigenvalue weighted by molar-refractivity contribution is 7.27. The van der Waals surface area contributed by atoms with Gasteiger partial charge in [-0.25, -0.2) is 0 Å². The maximum absolute atomic E-state index is 6.24. The third kappa shape index (κ3) is 1.85. The molecule has 0 spiro atoms. The van der Waals surface area contributed by atoms with E-state index in [1.807, 2.05) is 17.4 Å². The fourth-order valence-corrected chi connectivity index (χ4v) is 5.63. The number of benzene rings is 5. The minimum Gasteiger partial charge on any atom is -0.135 e. The van der Waals surface area contributed by atoms with Crippen LogP contribution in [0.3, 0.4) is 0 Å². The Balaban J connectivity index is 2.02. The second-order valence-electron chi connectivity index (χ2n) is 6.70. The molecule has 0 aliphatic rings. The van der Waals surface area contributed by atoms with Crippen molar-refractivity contribution in [3.05, 3.63) is 83.9 Å². The van der Waals surface area contributed by atoms with Crippen LogP contribution in [0.2, 0.25) is 5.02 Å². The largest absolute Gasteiger partial charge is 0.135 e. The minimum atomic E-state index is 0.782. The molecule has 0 unspecified atom stereocenters. The lowest BCUT2D eigenvalue weighted by Gasteiger charge is -2.11. The molecule has 0 fully saturated rings. The van der Waals surface area contributed by atoms with Crippen molar-refractivity contribution >= 4 is 75.4 Å². The third-order valence-corrected chi connectivity index (χ3v) is 6.73. The van der Waals surface area contributed by atoms with Crippen LogP contribution in [0.1, 0.15) is 0 Å². The number of thiophene rings is 1. The van der Waals surface area contributed by atoms with Crippen LogP contribution in [-0.2, 0) is 0 Å². The minimum absolute atomic E-state index is 0.782. The van der Waals surface area contributed by atoms with Crippen molar-refractivity contribution in [2.24, 2.45) is 0 Å². The molecule has 0 N–H and O–H groups in total. The van der Waals surface area contributed by atoms with Gasteiger partial charge in [-0.2, -0.15) is 0 Å². The van der Waals surface area contributed by atoms with Crippen molar-refractivity contribution in [1.82, 2.24) is 0 Å². The van der Waals surface area contributed by atoms with Gasteiger partial charge in [0.1, 0.15) is 0 Å². The van der Waals surface area contributed by atoms with Gasteiger partial charge in [0.2, 0.25) is 0 Å². The molecule has 0 amide bonds. The second-order valence-corrected chi connectivity index (χ2v) is 8.19. The van der Waals surface area contributed by atoms with Crippen molar-refractivity contribution < 1.29 is 0 Å². The summed E-state index contributed by atoms with van der Waals surface area (Å²) in [6, 6.07) is 28.2. The fraction of sp³-hybridized carbons (Fsp3) is 0. The maximum atomic E-state index is 6.24. The Labute approximate surface area is 159 Å². The zero-order valence-electron chi connectivity index (χ0n) is 13.8. The van der Waals surface area contributed by atoms with Crippen molar-refractivity contribution in [2.75, 3.05) is 0 Å². The number of hydrogen-bond acceptors (Lipinski definition) is 1. The highest BCUT2D eigenvalue weighted by Gasteiger charge is 2.15. The van der Waals surface area contributed by atoms with E-state index >= 15 is 0 Å². The van der Waals surface area contributed by atoms with Crippen LogP contribution >= 0.6 is 22.9 Å². The van der Waals surface area contributed by atoms with Crippen LogP contribution in [0.4, 0.5) is 0 Å². The molecule has 5 aromatic carbocycles. The van der Waals surface area contributed by atoms with E-state index in [0.717, 1.165) is 5.02 Å². The van der Waals surface area contributed by atoms with E-state index in [-0.39, 0.29) is 0 Å². The molecule has 6 aromatic rings. The van der Waals surface area contributed by atoms with Gasteiger partial charge < -0.3 is 0 Å². The van der Waals surface area contributed by atoms with Crippen molar-refractivity contribution in [3.8, 4) is 0 Å². The molecular formula is C24H13ClS. The smallest absolute Gasteiger partial charge is 0.0440 e. The number of rotatable bonds is 0. The van der Waals surface area contributed by atoms with E-state index in [1.165, 1.54) is 52.5 Å². The van der Waals surface area contributed by atoms with Crippen LogP contribution in [0, 0.1) is 0 Å². The first kappa shape index (κ1) is 14.5. The lowest BCUT2D eigenvalue weighted by Crippen LogP contribution is -1.83. The Morgan fingerprint density at radius 2 is 1.27 bits per heavy atom. The predicted molar refractivity (Wildman–Crippen MR) is 117 cm³/mol. The molecule has 122 valence electrons. The highest BCUT2D eigenvalue weighted by atomic mass is 35.5. The molecule has 0 radical (unpaired) electrons. The standard InChI is InChI=1S/C24H13ClS/c25-15-10-12-16-14(13-15)9-11-20-22(16)17-5-1-2-6-18(17)23-19-7-3-4-8-21(19)26-24(20)23/h1-13H. The summed E-state index contributed by atoms with van der Waals surface area (Å²) in [7, 11) is 0. The summed E-state index contributed by atoms with van der Waals surface area (Å²) in [5.41, 5.74) is 0. The van der Waals surface area contributed by atoms with Gasteiger partial charge in [0, 0.05) is 30.6 Å². The van der Waals surface area contributed by atoms with Gasteiger partial charge in [-0.1, -0.05) is 72.3 Å². The first-order valence-electron chi connectivity index (χ1n) is 8.65. The van der Waals surface area contributed by atoms with Crippen LogP contribution in [0.15, 0.2) is 78.9 Å². The lowest BCUT2D eigenvalue weighted by atomic mass is 9.93. The molecule has 0 aliphatic carbocycles. The number of hydrogen-bond donors (Lipinski definition) is 0. The Morgan fingerprint density at radius 1 is 0.577 bits per heavy atom. The first-order chi connectivity index (χ1) is 12.8. The molecule has 26 heavy (non-hydrogen) atoms. The van der Waals surface area contributed by atoms with Gasteiger partial charge in [0.15, 0.2) is 0 Å². The van der Waals surface area contributed by atoms with Crippen LogP contribution < -0.4 is 0 Å². The third-order valence-electron chi connectivity index (χ3n) is 5.29. The zero-order valence-corrected chi connectivity index (χ0v) is 15.4. The monoisotopic (exact) mass is 368 g/mol. The second kappa shape index (κ2) is 5.20. The molecule has 0 saturated carbocycles. The summed E-state index contributed by atoms with van der Waals surface area (Å²) in [5, 5.41) is 11.3. The van der Waals surface area contributed by atoms with Gasteiger partial charge in [-0.15, -0.1) is 11.3 Å². The Hall–Kier alpha value is -2.61. The molecule has 0 atom stereocenters. The van der Waals surface area contributed by atoms with E-state index in [0.29, 0.717) is 0 Å².